The number of nitrogens with two attached hydrogens (primary N) is 1. The summed E-state index contributed by atoms with van der Waals surface area (Å²) in [7, 11) is 0. The Morgan fingerprint density at radius 3 is 2.55 bits per heavy atom. The molecule has 2 aliphatic rings. The van der Waals surface area contributed by atoms with Crippen molar-refractivity contribution < 1.29 is 0 Å². The van der Waals surface area contributed by atoms with E-state index >= 15 is 0 Å². The molecular weight excluding hydrogens is 246 g/mol. The van der Waals surface area contributed by atoms with Crippen LogP contribution in [0.4, 0.5) is 5.69 Å². The Balaban J connectivity index is 1.64. The van der Waals surface area contributed by atoms with Crippen LogP contribution in [0.15, 0.2) is 18.2 Å². The predicted octanol–water partition coefficient (Wildman–Crippen LogP) is 2.03. The van der Waals surface area contributed by atoms with Gasteiger partial charge in [-0.3, -0.25) is 4.90 Å². The summed E-state index contributed by atoms with van der Waals surface area (Å²) in [6.07, 6.45) is 3.90. The van der Waals surface area contributed by atoms with Gasteiger partial charge in [0.15, 0.2) is 0 Å². The molecule has 0 spiro atoms. The minimum atomic E-state index is 0.734. The Hall–Kier alpha value is -1.06. The molecule has 1 saturated carbocycles. The molecule has 1 aromatic carbocycles. The van der Waals surface area contributed by atoms with Crippen LogP contribution in [0.2, 0.25) is 0 Å². The van der Waals surface area contributed by atoms with Crippen molar-refractivity contribution in [2.24, 2.45) is 11.7 Å². The highest BCUT2D eigenvalue weighted by atomic mass is 15.3. The van der Waals surface area contributed by atoms with Gasteiger partial charge in [0.25, 0.3) is 0 Å². The van der Waals surface area contributed by atoms with Crippen LogP contribution in [-0.4, -0.2) is 44.2 Å². The Labute approximate surface area is 122 Å². The first kappa shape index (κ1) is 13.9. The van der Waals surface area contributed by atoms with Gasteiger partial charge in [-0.25, -0.2) is 0 Å². The summed E-state index contributed by atoms with van der Waals surface area (Å²) in [6.45, 7) is 8.98. The van der Waals surface area contributed by atoms with Gasteiger partial charge in [0, 0.05) is 38.4 Å². The Morgan fingerprint density at radius 2 is 1.90 bits per heavy atom. The third-order valence-electron chi connectivity index (χ3n) is 4.57. The number of benzene rings is 1. The minimum absolute atomic E-state index is 0.734. The molecule has 2 N–H and O–H groups in total. The molecule has 2 fully saturated rings. The molecule has 20 heavy (non-hydrogen) atoms. The van der Waals surface area contributed by atoms with Gasteiger partial charge in [0.2, 0.25) is 0 Å². The fourth-order valence-corrected chi connectivity index (χ4v) is 3.22. The number of rotatable bonds is 5. The SMILES string of the molecule is Cc1ccc(N2CCN(CC3CC3)CC2)c(CCN)c1. The number of anilines is 1. The lowest BCUT2D eigenvalue weighted by Gasteiger charge is -2.37. The lowest BCUT2D eigenvalue weighted by Crippen LogP contribution is -2.47. The van der Waals surface area contributed by atoms with Gasteiger partial charge in [0.1, 0.15) is 0 Å². The van der Waals surface area contributed by atoms with Gasteiger partial charge in [-0.2, -0.15) is 0 Å². The van der Waals surface area contributed by atoms with Crippen molar-refractivity contribution >= 4 is 5.69 Å². The number of hydrogen-bond acceptors (Lipinski definition) is 3. The van der Waals surface area contributed by atoms with E-state index in [1.54, 1.807) is 0 Å². The van der Waals surface area contributed by atoms with Crippen LogP contribution in [0.5, 0.6) is 0 Å². The molecule has 0 unspecified atom stereocenters. The molecule has 0 radical (unpaired) electrons. The van der Waals surface area contributed by atoms with Crippen molar-refractivity contribution in [2.75, 3.05) is 44.2 Å². The highest BCUT2D eigenvalue weighted by Gasteiger charge is 2.26. The lowest BCUT2D eigenvalue weighted by molar-refractivity contribution is 0.248. The van der Waals surface area contributed by atoms with E-state index in [4.69, 9.17) is 5.73 Å². The average Bonchev–Trinajstić information content (AvgIpc) is 3.25. The van der Waals surface area contributed by atoms with E-state index in [9.17, 15) is 0 Å². The molecule has 1 aromatic rings. The van der Waals surface area contributed by atoms with E-state index in [0.717, 1.165) is 32.0 Å². The first-order valence-electron chi connectivity index (χ1n) is 8.03. The molecule has 1 aliphatic heterocycles. The predicted molar refractivity (Wildman–Crippen MR) is 85.3 cm³/mol. The molecule has 110 valence electrons. The van der Waals surface area contributed by atoms with Crippen molar-refractivity contribution in [1.29, 1.82) is 0 Å². The standard InChI is InChI=1S/C17H27N3/c1-14-2-5-17(16(12-14)6-7-18)20-10-8-19(9-11-20)13-15-3-4-15/h2,5,12,15H,3-4,6-11,13,18H2,1H3. The summed E-state index contributed by atoms with van der Waals surface area (Å²) in [5.74, 6) is 1.01. The van der Waals surface area contributed by atoms with Crippen LogP contribution < -0.4 is 10.6 Å². The van der Waals surface area contributed by atoms with Gasteiger partial charge < -0.3 is 10.6 Å². The van der Waals surface area contributed by atoms with Crippen LogP contribution >= 0.6 is 0 Å². The van der Waals surface area contributed by atoms with Crippen LogP contribution in [0.25, 0.3) is 0 Å². The molecule has 3 heteroatoms. The highest BCUT2D eigenvalue weighted by Crippen LogP contribution is 2.30. The zero-order chi connectivity index (χ0) is 13.9. The summed E-state index contributed by atoms with van der Waals surface area (Å²) < 4.78 is 0. The second-order valence-corrected chi connectivity index (χ2v) is 6.40. The van der Waals surface area contributed by atoms with Gasteiger partial charge in [0.05, 0.1) is 0 Å². The van der Waals surface area contributed by atoms with Crippen molar-refractivity contribution in [3.8, 4) is 0 Å². The Morgan fingerprint density at radius 1 is 1.15 bits per heavy atom. The van der Waals surface area contributed by atoms with Crippen molar-refractivity contribution in [2.45, 2.75) is 26.2 Å². The third-order valence-corrected chi connectivity index (χ3v) is 4.57. The largest absolute Gasteiger partial charge is 0.369 e. The van der Waals surface area contributed by atoms with Crippen molar-refractivity contribution in [3.63, 3.8) is 0 Å². The number of nitrogens with zero attached hydrogens (tertiary/aromatic N) is 2. The maximum absolute atomic E-state index is 5.77. The van der Waals surface area contributed by atoms with Gasteiger partial charge in [-0.05, 0) is 50.3 Å². The van der Waals surface area contributed by atoms with Gasteiger partial charge in [-0.1, -0.05) is 17.7 Å². The van der Waals surface area contributed by atoms with E-state index < -0.39 is 0 Å². The zero-order valence-electron chi connectivity index (χ0n) is 12.6. The Bertz CT molecular complexity index is 446. The molecule has 0 atom stereocenters. The van der Waals surface area contributed by atoms with E-state index in [1.165, 1.54) is 49.3 Å². The van der Waals surface area contributed by atoms with E-state index in [-0.39, 0.29) is 0 Å². The summed E-state index contributed by atoms with van der Waals surface area (Å²) >= 11 is 0. The monoisotopic (exact) mass is 273 g/mol. The second kappa shape index (κ2) is 6.15. The lowest BCUT2D eigenvalue weighted by atomic mass is 10.0. The number of hydrogen-bond donors (Lipinski definition) is 1. The first-order valence-corrected chi connectivity index (χ1v) is 8.03. The molecule has 3 rings (SSSR count). The molecule has 0 aromatic heterocycles. The Kier molecular flexibility index (Phi) is 4.27. The van der Waals surface area contributed by atoms with Crippen molar-refractivity contribution in [3.05, 3.63) is 29.3 Å². The van der Waals surface area contributed by atoms with Crippen LogP contribution in [0, 0.1) is 12.8 Å². The molecule has 3 nitrogen and oxygen atoms in total. The molecule has 1 heterocycles. The quantitative estimate of drug-likeness (QED) is 0.891. The highest BCUT2D eigenvalue weighted by molar-refractivity contribution is 5.55. The summed E-state index contributed by atoms with van der Waals surface area (Å²) in [4.78, 5) is 5.19. The molecule has 1 aliphatic carbocycles. The fraction of sp³-hybridized carbons (Fsp3) is 0.647. The fourth-order valence-electron chi connectivity index (χ4n) is 3.22. The zero-order valence-corrected chi connectivity index (χ0v) is 12.6. The average molecular weight is 273 g/mol. The molecular formula is C17H27N3. The van der Waals surface area contributed by atoms with Crippen LogP contribution in [-0.2, 0) is 6.42 Å². The summed E-state index contributed by atoms with van der Waals surface area (Å²) in [6, 6.07) is 6.82. The summed E-state index contributed by atoms with van der Waals surface area (Å²) in [5, 5.41) is 0. The normalized spacial score (nSPS) is 20.4. The van der Waals surface area contributed by atoms with E-state index in [2.05, 4.69) is 34.9 Å². The van der Waals surface area contributed by atoms with E-state index in [1.807, 2.05) is 0 Å². The number of aryl methyl sites for hydroxylation is 1. The smallest absolute Gasteiger partial charge is 0.0400 e. The second-order valence-electron chi connectivity index (χ2n) is 6.40. The van der Waals surface area contributed by atoms with Crippen molar-refractivity contribution in [1.82, 2.24) is 4.90 Å². The van der Waals surface area contributed by atoms with E-state index in [0.29, 0.717) is 0 Å². The summed E-state index contributed by atoms with van der Waals surface area (Å²) in [5.41, 5.74) is 9.93. The maximum Gasteiger partial charge on any atom is 0.0400 e. The third kappa shape index (κ3) is 3.33. The topological polar surface area (TPSA) is 32.5 Å². The molecule has 1 saturated heterocycles. The van der Waals surface area contributed by atoms with Gasteiger partial charge >= 0.3 is 0 Å². The van der Waals surface area contributed by atoms with Gasteiger partial charge in [-0.15, -0.1) is 0 Å². The molecule has 0 bridgehead atoms. The maximum atomic E-state index is 5.77. The number of piperazine rings is 1. The molecule has 0 amide bonds. The van der Waals surface area contributed by atoms with Crippen LogP contribution in [0.1, 0.15) is 24.0 Å². The minimum Gasteiger partial charge on any atom is -0.369 e. The first-order chi connectivity index (χ1) is 9.76. The van der Waals surface area contributed by atoms with Crippen LogP contribution in [0.3, 0.4) is 0 Å².